The largest absolute Gasteiger partial charge is 0.490 e. The molecule has 0 aliphatic carbocycles. The summed E-state index contributed by atoms with van der Waals surface area (Å²) in [6, 6.07) is 11.3. The second-order valence-corrected chi connectivity index (χ2v) is 8.49. The van der Waals surface area contributed by atoms with Crippen molar-refractivity contribution in [1.29, 1.82) is 5.26 Å². The summed E-state index contributed by atoms with van der Waals surface area (Å²) in [4.78, 5) is 12.6. The van der Waals surface area contributed by atoms with Gasteiger partial charge >= 0.3 is 0 Å². The third kappa shape index (κ3) is 6.53. The number of carbonyl (C=O) groups excluding carboxylic acids is 1. The van der Waals surface area contributed by atoms with Gasteiger partial charge in [0.25, 0.3) is 5.91 Å². The van der Waals surface area contributed by atoms with Crippen molar-refractivity contribution < 1.29 is 18.7 Å². The summed E-state index contributed by atoms with van der Waals surface area (Å²) in [5.41, 5.74) is 0.681. The molecule has 1 N–H and O–H groups in total. The molecule has 34 heavy (non-hydrogen) atoms. The van der Waals surface area contributed by atoms with E-state index in [1.807, 2.05) is 13.0 Å². The predicted molar refractivity (Wildman–Crippen MR) is 129 cm³/mol. The van der Waals surface area contributed by atoms with Crippen LogP contribution in [0.2, 0.25) is 5.02 Å². The molecule has 0 atom stereocenters. The number of aromatic nitrogens is 2. The van der Waals surface area contributed by atoms with Crippen LogP contribution >= 0.6 is 22.9 Å². The smallest absolute Gasteiger partial charge is 0.268 e. The minimum absolute atomic E-state index is 0.0463. The Morgan fingerprint density at radius 2 is 2.06 bits per heavy atom. The predicted octanol–water partition coefficient (Wildman–Crippen LogP) is 5.81. The fraction of sp³-hybridized carbons (Fsp3) is 0.250. The van der Waals surface area contributed by atoms with Crippen molar-refractivity contribution in [2.24, 2.45) is 0 Å². The van der Waals surface area contributed by atoms with E-state index < -0.39 is 11.7 Å². The molecule has 0 saturated heterocycles. The van der Waals surface area contributed by atoms with E-state index in [0.717, 1.165) is 17.8 Å². The Hall–Kier alpha value is -3.48. The van der Waals surface area contributed by atoms with Gasteiger partial charge in [-0.3, -0.25) is 10.1 Å². The fourth-order valence-electron chi connectivity index (χ4n) is 2.94. The molecule has 0 aliphatic rings. The molecule has 3 aromatic rings. The third-order valence-electron chi connectivity index (χ3n) is 4.49. The number of anilines is 1. The fourth-order valence-corrected chi connectivity index (χ4v) is 4.05. The lowest BCUT2D eigenvalue weighted by atomic mass is 10.1. The van der Waals surface area contributed by atoms with E-state index in [1.165, 1.54) is 29.5 Å². The molecule has 7 nitrogen and oxygen atoms in total. The average Bonchev–Trinajstić information content (AvgIpc) is 3.25. The number of hydrogen-bond acceptors (Lipinski definition) is 7. The summed E-state index contributed by atoms with van der Waals surface area (Å²) in [5.74, 6) is -0.457. The number of nitrogens with zero attached hydrogens (tertiary/aromatic N) is 3. The summed E-state index contributed by atoms with van der Waals surface area (Å²) in [6.07, 6.45) is 3.06. The number of amides is 1. The number of halogens is 2. The number of hydrogen-bond donors (Lipinski definition) is 1. The molecule has 1 heterocycles. The Balaban J connectivity index is 1.82. The maximum Gasteiger partial charge on any atom is 0.268 e. The van der Waals surface area contributed by atoms with Crippen molar-refractivity contribution in [3.63, 3.8) is 0 Å². The average molecular weight is 501 g/mol. The standard InChI is InChI=1S/C24H22ClFN4O3S/c1-3-7-21-29-30-24(34-21)28-23(31)17(13-27)10-15-11-18(25)22(20(12-15)32-4-2)33-14-16-8-5-6-9-19(16)26/h5-6,8-12H,3-4,7,14H2,1-2H3,(H,28,30,31)/b17-10-. The molecule has 3 rings (SSSR count). The van der Waals surface area contributed by atoms with Crippen LogP contribution in [-0.2, 0) is 17.8 Å². The third-order valence-corrected chi connectivity index (χ3v) is 5.67. The van der Waals surface area contributed by atoms with Crippen molar-refractivity contribution in [2.75, 3.05) is 11.9 Å². The molecule has 10 heteroatoms. The summed E-state index contributed by atoms with van der Waals surface area (Å²) in [6.45, 7) is 4.09. The van der Waals surface area contributed by atoms with Gasteiger partial charge in [0.15, 0.2) is 11.5 Å². The lowest BCUT2D eigenvalue weighted by Crippen LogP contribution is -2.13. The summed E-state index contributed by atoms with van der Waals surface area (Å²) in [5, 5.41) is 21.4. The number of nitrogens with one attached hydrogen (secondary N) is 1. The van der Waals surface area contributed by atoms with Gasteiger partial charge in [0.2, 0.25) is 5.13 Å². The van der Waals surface area contributed by atoms with E-state index >= 15 is 0 Å². The summed E-state index contributed by atoms with van der Waals surface area (Å²) < 4.78 is 25.3. The van der Waals surface area contributed by atoms with Gasteiger partial charge in [-0.25, -0.2) is 4.39 Å². The van der Waals surface area contributed by atoms with Crippen LogP contribution in [0.15, 0.2) is 42.0 Å². The van der Waals surface area contributed by atoms with Crippen LogP contribution in [0.5, 0.6) is 11.5 Å². The van der Waals surface area contributed by atoms with Gasteiger partial charge in [-0.1, -0.05) is 48.1 Å². The molecule has 0 radical (unpaired) electrons. The molecule has 0 saturated carbocycles. The van der Waals surface area contributed by atoms with Crippen LogP contribution in [0.25, 0.3) is 6.08 Å². The van der Waals surface area contributed by atoms with Crippen molar-refractivity contribution in [3.05, 3.63) is 68.9 Å². The lowest BCUT2D eigenvalue weighted by Gasteiger charge is -2.15. The molecule has 0 bridgehead atoms. The molecule has 0 aliphatic heterocycles. The van der Waals surface area contributed by atoms with Crippen LogP contribution in [-0.4, -0.2) is 22.7 Å². The molecular formula is C24H22ClFN4O3S. The highest BCUT2D eigenvalue weighted by atomic mass is 35.5. The lowest BCUT2D eigenvalue weighted by molar-refractivity contribution is -0.112. The number of ether oxygens (including phenoxy) is 2. The molecule has 0 unspecified atom stereocenters. The number of aryl methyl sites for hydroxylation is 1. The van der Waals surface area contributed by atoms with E-state index in [4.69, 9.17) is 21.1 Å². The van der Waals surface area contributed by atoms with E-state index in [9.17, 15) is 14.4 Å². The van der Waals surface area contributed by atoms with Crippen LogP contribution < -0.4 is 14.8 Å². The highest BCUT2D eigenvalue weighted by molar-refractivity contribution is 7.15. The molecule has 0 fully saturated rings. The van der Waals surface area contributed by atoms with Gasteiger partial charge in [0.1, 0.15) is 29.1 Å². The van der Waals surface area contributed by atoms with Gasteiger partial charge < -0.3 is 9.47 Å². The van der Waals surface area contributed by atoms with E-state index in [1.54, 1.807) is 31.2 Å². The van der Waals surface area contributed by atoms with Gasteiger partial charge in [0, 0.05) is 12.0 Å². The minimum Gasteiger partial charge on any atom is -0.490 e. The van der Waals surface area contributed by atoms with E-state index in [2.05, 4.69) is 15.5 Å². The maximum absolute atomic E-state index is 13.9. The van der Waals surface area contributed by atoms with Crippen molar-refractivity contribution in [3.8, 4) is 17.6 Å². The summed E-state index contributed by atoms with van der Waals surface area (Å²) in [7, 11) is 0. The number of carbonyl (C=O) groups is 1. The van der Waals surface area contributed by atoms with E-state index in [0.29, 0.717) is 28.6 Å². The Morgan fingerprint density at radius 1 is 1.26 bits per heavy atom. The Bertz CT molecular complexity index is 1240. The highest BCUT2D eigenvalue weighted by Crippen LogP contribution is 2.38. The second kappa shape index (κ2) is 12.1. The van der Waals surface area contributed by atoms with Crippen LogP contribution in [0.1, 0.15) is 36.4 Å². The first-order valence-electron chi connectivity index (χ1n) is 10.5. The Morgan fingerprint density at radius 3 is 2.76 bits per heavy atom. The quantitative estimate of drug-likeness (QED) is 0.279. The van der Waals surface area contributed by atoms with E-state index in [-0.39, 0.29) is 23.0 Å². The van der Waals surface area contributed by atoms with Crippen molar-refractivity contribution in [1.82, 2.24) is 10.2 Å². The monoisotopic (exact) mass is 500 g/mol. The zero-order valence-electron chi connectivity index (χ0n) is 18.6. The van der Waals surface area contributed by atoms with Crippen LogP contribution in [0.3, 0.4) is 0 Å². The SMILES string of the molecule is CCCc1nnc(NC(=O)/C(C#N)=C\c2cc(Cl)c(OCc3ccccc3F)c(OCC)c2)s1. The maximum atomic E-state index is 13.9. The molecule has 176 valence electrons. The van der Waals surface area contributed by atoms with Gasteiger partial charge in [-0.15, -0.1) is 10.2 Å². The van der Waals surface area contributed by atoms with Crippen molar-refractivity contribution >= 4 is 40.1 Å². The molecule has 1 amide bonds. The zero-order chi connectivity index (χ0) is 24.5. The highest BCUT2D eigenvalue weighted by Gasteiger charge is 2.16. The first-order chi connectivity index (χ1) is 16.4. The Kier molecular flexibility index (Phi) is 8.96. The molecule has 1 aromatic heterocycles. The number of rotatable bonds is 10. The first-order valence-corrected chi connectivity index (χ1v) is 11.7. The molecular weight excluding hydrogens is 479 g/mol. The minimum atomic E-state index is -0.615. The van der Waals surface area contributed by atoms with Gasteiger partial charge in [-0.2, -0.15) is 5.26 Å². The second-order valence-electron chi connectivity index (χ2n) is 7.02. The Labute approximate surface area is 205 Å². The van der Waals surface area contributed by atoms with Crippen LogP contribution in [0.4, 0.5) is 9.52 Å². The molecule has 0 spiro atoms. The number of benzene rings is 2. The first kappa shape index (κ1) is 25.1. The summed E-state index contributed by atoms with van der Waals surface area (Å²) >= 11 is 7.68. The number of nitriles is 1. The zero-order valence-corrected chi connectivity index (χ0v) is 20.2. The van der Waals surface area contributed by atoms with Crippen LogP contribution in [0, 0.1) is 17.1 Å². The van der Waals surface area contributed by atoms with Gasteiger partial charge in [0.05, 0.1) is 11.6 Å². The molecule has 2 aromatic carbocycles. The van der Waals surface area contributed by atoms with Crippen molar-refractivity contribution in [2.45, 2.75) is 33.3 Å². The topological polar surface area (TPSA) is 97.1 Å². The van der Waals surface area contributed by atoms with Gasteiger partial charge in [-0.05, 0) is 43.2 Å². The normalized spacial score (nSPS) is 11.1.